The summed E-state index contributed by atoms with van der Waals surface area (Å²) in [5, 5.41) is 3.48. The van der Waals surface area contributed by atoms with Crippen LogP contribution in [0.25, 0.3) is 0 Å². The van der Waals surface area contributed by atoms with Gasteiger partial charge in [0.1, 0.15) is 0 Å². The van der Waals surface area contributed by atoms with Crippen LogP contribution >= 0.6 is 0 Å². The summed E-state index contributed by atoms with van der Waals surface area (Å²) < 4.78 is 0. The van der Waals surface area contributed by atoms with Crippen molar-refractivity contribution in [3.8, 4) is 0 Å². The van der Waals surface area contributed by atoms with E-state index in [1.54, 1.807) is 0 Å². The van der Waals surface area contributed by atoms with Crippen LogP contribution in [0.1, 0.15) is 52.9 Å². The van der Waals surface area contributed by atoms with E-state index in [1.807, 2.05) is 0 Å². The highest BCUT2D eigenvalue weighted by molar-refractivity contribution is 4.70. The van der Waals surface area contributed by atoms with Gasteiger partial charge in [0.2, 0.25) is 0 Å². The number of rotatable bonds is 7. The Balaban J connectivity index is 1.98. The molecule has 1 rings (SSSR count). The van der Waals surface area contributed by atoms with Gasteiger partial charge in [-0.15, -0.1) is 0 Å². The van der Waals surface area contributed by atoms with Crippen LogP contribution in [0.5, 0.6) is 0 Å². The number of nitrogens with one attached hydrogen (secondary N) is 1. The Hall–Kier alpha value is -0.0800. The summed E-state index contributed by atoms with van der Waals surface area (Å²) >= 11 is 0. The van der Waals surface area contributed by atoms with E-state index in [0.717, 1.165) is 12.5 Å². The first kappa shape index (κ1) is 14.0. The topological polar surface area (TPSA) is 15.3 Å². The average molecular weight is 226 g/mol. The van der Waals surface area contributed by atoms with E-state index in [2.05, 4.69) is 31.0 Å². The summed E-state index contributed by atoms with van der Waals surface area (Å²) in [6.07, 6.45) is 6.93. The average Bonchev–Trinajstić information content (AvgIpc) is 2.25. The standard InChI is InChI=1S/C14H30N2/c1-4-15-14(3)9-5-6-10-16-11-7-8-13(2)12-16/h13-15H,4-12H2,1-3H3. The third-order valence-corrected chi connectivity index (χ3v) is 3.66. The van der Waals surface area contributed by atoms with Crippen molar-refractivity contribution in [1.29, 1.82) is 0 Å². The van der Waals surface area contributed by atoms with Crippen molar-refractivity contribution < 1.29 is 0 Å². The Morgan fingerprint density at radius 3 is 2.88 bits per heavy atom. The van der Waals surface area contributed by atoms with Gasteiger partial charge in [-0.05, 0) is 58.2 Å². The lowest BCUT2D eigenvalue weighted by molar-refractivity contribution is 0.180. The van der Waals surface area contributed by atoms with Gasteiger partial charge in [0.05, 0.1) is 0 Å². The Morgan fingerprint density at radius 1 is 1.38 bits per heavy atom. The zero-order chi connectivity index (χ0) is 11.8. The number of piperidine rings is 1. The van der Waals surface area contributed by atoms with Crippen LogP contribution in [0.3, 0.4) is 0 Å². The van der Waals surface area contributed by atoms with Crippen LogP contribution in [0.4, 0.5) is 0 Å². The van der Waals surface area contributed by atoms with Crippen molar-refractivity contribution in [1.82, 2.24) is 10.2 Å². The van der Waals surface area contributed by atoms with Gasteiger partial charge in [-0.25, -0.2) is 0 Å². The maximum atomic E-state index is 3.48. The second-order valence-electron chi connectivity index (χ2n) is 5.50. The van der Waals surface area contributed by atoms with Gasteiger partial charge in [0.15, 0.2) is 0 Å². The SMILES string of the molecule is CCNC(C)CCCCN1CCCC(C)C1. The fourth-order valence-corrected chi connectivity index (χ4v) is 2.73. The highest BCUT2D eigenvalue weighted by Gasteiger charge is 2.15. The Morgan fingerprint density at radius 2 is 2.19 bits per heavy atom. The quantitative estimate of drug-likeness (QED) is 0.672. The zero-order valence-corrected chi connectivity index (χ0v) is 11.5. The molecule has 0 spiro atoms. The van der Waals surface area contributed by atoms with Gasteiger partial charge in [-0.1, -0.05) is 20.3 Å². The van der Waals surface area contributed by atoms with E-state index in [9.17, 15) is 0 Å². The maximum absolute atomic E-state index is 3.48. The molecule has 0 aliphatic carbocycles. The monoisotopic (exact) mass is 226 g/mol. The summed E-state index contributed by atoms with van der Waals surface area (Å²) in [6.45, 7) is 12.0. The van der Waals surface area contributed by atoms with Crippen molar-refractivity contribution in [2.24, 2.45) is 5.92 Å². The molecule has 1 aliphatic heterocycles. The van der Waals surface area contributed by atoms with Crippen molar-refractivity contribution in [2.75, 3.05) is 26.2 Å². The lowest BCUT2D eigenvalue weighted by Crippen LogP contribution is -2.35. The molecule has 2 nitrogen and oxygen atoms in total. The van der Waals surface area contributed by atoms with Crippen LogP contribution in [0.15, 0.2) is 0 Å². The molecule has 0 aromatic rings. The predicted molar refractivity (Wildman–Crippen MR) is 71.8 cm³/mol. The summed E-state index contributed by atoms with van der Waals surface area (Å²) in [6, 6.07) is 0.699. The third kappa shape index (κ3) is 5.86. The highest BCUT2D eigenvalue weighted by atomic mass is 15.1. The zero-order valence-electron chi connectivity index (χ0n) is 11.5. The lowest BCUT2D eigenvalue weighted by atomic mass is 10.00. The van der Waals surface area contributed by atoms with Crippen LogP contribution < -0.4 is 5.32 Å². The molecule has 1 heterocycles. The molecule has 1 saturated heterocycles. The first-order valence-corrected chi connectivity index (χ1v) is 7.18. The minimum atomic E-state index is 0.699. The molecule has 1 aliphatic rings. The fourth-order valence-electron chi connectivity index (χ4n) is 2.73. The summed E-state index contributed by atoms with van der Waals surface area (Å²) in [5.74, 6) is 0.925. The normalized spacial score (nSPS) is 24.6. The van der Waals surface area contributed by atoms with Gasteiger partial charge in [-0.2, -0.15) is 0 Å². The fraction of sp³-hybridized carbons (Fsp3) is 1.00. The molecule has 16 heavy (non-hydrogen) atoms. The first-order valence-electron chi connectivity index (χ1n) is 7.18. The van der Waals surface area contributed by atoms with Crippen molar-refractivity contribution in [3.63, 3.8) is 0 Å². The van der Waals surface area contributed by atoms with E-state index in [0.29, 0.717) is 6.04 Å². The molecule has 0 aromatic heterocycles. The molecule has 0 aromatic carbocycles. The van der Waals surface area contributed by atoms with Crippen molar-refractivity contribution in [2.45, 2.75) is 58.9 Å². The summed E-state index contributed by atoms with van der Waals surface area (Å²) in [4.78, 5) is 2.66. The molecule has 2 atom stereocenters. The summed E-state index contributed by atoms with van der Waals surface area (Å²) in [5.41, 5.74) is 0. The molecule has 2 unspecified atom stereocenters. The molecular weight excluding hydrogens is 196 g/mol. The predicted octanol–water partition coefficient (Wildman–Crippen LogP) is 2.89. The van der Waals surface area contributed by atoms with Crippen LogP contribution in [-0.4, -0.2) is 37.1 Å². The van der Waals surface area contributed by atoms with Crippen molar-refractivity contribution in [3.05, 3.63) is 0 Å². The van der Waals surface area contributed by atoms with Gasteiger partial charge in [-0.3, -0.25) is 0 Å². The largest absolute Gasteiger partial charge is 0.315 e. The number of nitrogens with zero attached hydrogens (tertiary/aromatic N) is 1. The molecule has 0 radical (unpaired) electrons. The molecule has 2 heteroatoms. The number of likely N-dealkylation sites (tertiary alicyclic amines) is 1. The molecule has 0 bridgehead atoms. The second-order valence-corrected chi connectivity index (χ2v) is 5.50. The van der Waals surface area contributed by atoms with E-state index < -0.39 is 0 Å². The van der Waals surface area contributed by atoms with E-state index in [-0.39, 0.29) is 0 Å². The number of unbranched alkanes of at least 4 members (excludes halogenated alkanes) is 1. The van der Waals surface area contributed by atoms with E-state index in [4.69, 9.17) is 0 Å². The molecule has 1 N–H and O–H groups in total. The van der Waals surface area contributed by atoms with Crippen LogP contribution in [0, 0.1) is 5.92 Å². The molecule has 1 fully saturated rings. The van der Waals surface area contributed by atoms with Gasteiger partial charge in [0, 0.05) is 12.6 Å². The third-order valence-electron chi connectivity index (χ3n) is 3.66. The number of hydrogen-bond donors (Lipinski definition) is 1. The number of hydrogen-bond acceptors (Lipinski definition) is 2. The van der Waals surface area contributed by atoms with Crippen LogP contribution in [-0.2, 0) is 0 Å². The van der Waals surface area contributed by atoms with E-state index in [1.165, 1.54) is 51.7 Å². The van der Waals surface area contributed by atoms with Crippen molar-refractivity contribution >= 4 is 0 Å². The molecule has 96 valence electrons. The van der Waals surface area contributed by atoms with E-state index >= 15 is 0 Å². The Kier molecular flexibility index (Phi) is 7.06. The minimum absolute atomic E-state index is 0.699. The second kappa shape index (κ2) is 8.08. The minimum Gasteiger partial charge on any atom is -0.315 e. The van der Waals surface area contributed by atoms with Gasteiger partial charge in [0.25, 0.3) is 0 Å². The highest BCUT2D eigenvalue weighted by Crippen LogP contribution is 2.16. The Bertz CT molecular complexity index is 170. The van der Waals surface area contributed by atoms with Crippen LogP contribution in [0.2, 0.25) is 0 Å². The van der Waals surface area contributed by atoms with Gasteiger partial charge < -0.3 is 10.2 Å². The lowest BCUT2D eigenvalue weighted by Gasteiger charge is -2.30. The molecular formula is C14H30N2. The first-order chi connectivity index (χ1) is 7.72. The summed E-state index contributed by atoms with van der Waals surface area (Å²) in [7, 11) is 0. The van der Waals surface area contributed by atoms with Gasteiger partial charge >= 0.3 is 0 Å². The maximum Gasteiger partial charge on any atom is 0.00386 e. The Labute approximate surface area is 102 Å². The molecule has 0 saturated carbocycles. The molecule has 0 amide bonds. The smallest absolute Gasteiger partial charge is 0.00386 e.